The lowest BCUT2D eigenvalue weighted by Gasteiger charge is -2.27. The summed E-state index contributed by atoms with van der Waals surface area (Å²) in [7, 11) is 0. The van der Waals surface area contributed by atoms with Gasteiger partial charge in [-0.1, -0.05) is 35.9 Å². The largest absolute Gasteiger partial charge is 0.376 e. The van der Waals surface area contributed by atoms with E-state index in [0.29, 0.717) is 10.6 Å². The Bertz CT molecular complexity index is 678. The first-order valence-corrected chi connectivity index (χ1v) is 7.93. The van der Waals surface area contributed by atoms with Crippen molar-refractivity contribution in [3.63, 3.8) is 0 Å². The molecule has 0 spiro atoms. The molecule has 100 valence electrons. The molecule has 20 heavy (non-hydrogen) atoms. The summed E-state index contributed by atoms with van der Waals surface area (Å²) < 4.78 is 0. The van der Waals surface area contributed by atoms with Crippen LogP contribution in [-0.4, -0.2) is 5.75 Å². The van der Waals surface area contributed by atoms with Crippen molar-refractivity contribution < 1.29 is 0 Å². The van der Waals surface area contributed by atoms with Crippen molar-refractivity contribution >= 4 is 29.1 Å². The molecule has 0 radical (unpaired) electrons. The van der Waals surface area contributed by atoms with Crippen molar-refractivity contribution in [1.29, 1.82) is 5.26 Å². The zero-order chi connectivity index (χ0) is 13.9. The minimum absolute atomic E-state index is 0.260. The Labute approximate surface area is 127 Å². The maximum Gasteiger partial charge on any atom is 0.0992 e. The van der Waals surface area contributed by atoms with Gasteiger partial charge in [0.2, 0.25) is 0 Å². The second kappa shape index (κ2) is 5.78. The average molecular weight is 301 g/mol. The van der Waals surface area contributed by atoms with Crippen molar-refractivity contribution in [2.75, 3.05) is 11.1 Å². The number of benzene rings is 2. The zero-order valence-electron chi connectivity index (χ0n) is 10.8. The Morgan fingerprint density at radius 2 is 2.10 bits per heavy atom. The first kappa shape index (κ1) is 13.4. The predicted octanol–water partition coefficient (Wildman–Crippen LogP) is 4.61. The molecule has 1 aliphatic heterocycles. The second-order valence-corrected chi connectivity index (χ2v) is 6.15. The number of rotatable bonds is 2. The summed E-state index contributed by atoms with van der Waals surface area (Å²) in [5.74, 6) is 2.09. The first-order valence-electron chi connectivity index (χ1n) is 6.39. The van der Waals surface area contributed by atoms with Gasteiger partial charge in [0.15, 0.2) is 0 Å². The van der Waals surface area contributed by atoms with Crippen LogP contribution in [0.2, 0.25) is 5.02 Å². The summed E-state index contributed by atoms with van der Waals surface area (Å²) in [6, 6.07) is 16.2. The predicted molar refractivity (Wildman–Crippen MR) is 85.1 cm³/mol. The Morgan fingerprint density at radius 3 is 2.90 bits per heavy atom. The van der Waals surface area contributed by atoms with Crippen LogP contribution in [0.1, 0.15) is 22.7 Å². The molecule has 0 aliphatic carbocycles. The first-order chi connectivity index (χ1) is 9.78. The smallest absolute Gasteiger partial charge is 0.0992 e. The van der Waals surface area contributed by atoms with Crippen LogP contribution >= 0.6 is 23.4 Å². The summed E-state index contributed by atoms with van der Waals surface area (Å²) in [6.07, 6.45) is 0. The highest BCUT2D eigenvalue weighted by Gasteiger charge is 2.20. The third-order valence-electron chi connectivity index (χ3n) is 3.40. The molecule has 1 unspecified atom stereocenters. The van der Waals surface area contributed by atoms with E-state index in [4.69, 9.17) is 16.9 Å². The Kier molecular flexibility index (Phi) is 3.86. The third kappa shape index (κ3) is 2.63. The van der Waals surface area contributed by atoms with Gasteiger partial charge in [-0.15, -0.1) is 0 Å². The molecule has 1 heterocycles. The topological polar surface area (TPSA) is 35.8 Å². The van der Waals surface area contributed by atoms with Crippen molar-refractivity contribution in [3.05, 3.63) is 64.2 Å². The van der Waals surface area contributed by atoms with Gasteiger partial charge in [0, 0.05) is 11.5 Å². The Hall–Kier alpha value is -1.63. The van der Waals surface area contributed by atoms with E-state index in [1.807, 2.05) is 17.8 Å². The molecule has 3 rings (SSSR count). The molecule has 1 atom stereocenters. The maximum atomic E-state index is 8.87. The number of thioether (sulfide) groups is 1. The normalized spacial score (nSPS) is 17.1. The summed E-state index contributed by atoms with van der Waals surface area (Å²) in [4.78, 5) is 0. The SMILES string of the molecule is N#Cc1ccc(NC2CSCc3ccccc32)c(Cl)c1. The highest BCUT2D eigenvalue weighted by atomic mass is 35.5. The molecular formula is C16H13ClN2S. The van der Waals surface area contributed by atoms with Gasteiger partial charge in [-0.05, 0) is 29.3 Å². The van der Waals surface area contributed by atoms with Gasteiger partial charge in [0.1, 0.15) is 0 Å². The van der Waals surface area contributed by atoms with Gasteiger partial charge in [-0.25, -0.2) is 0 Å². The molecule has 0 bridgehead atoms. The molecule has 0 saturated carbocycles. The molecule has 0 aromatic heterocycles. The van der Waals surface area contributed by atoms with Gasteiger partial charge in [-0.3, -0.25) is 0 Å². The summed E-state index contributed by atoms with van der Waals surface area (Å²) in [6.45, 7) is 0. The number of halogens is 1. The van der Waals surface area contributed by atoms with Crippen LogP contribution in [0, 0.1) is 11.3 Å². The number of nitrogens with one attached hydrogen (secondary N) is 1. The molecular weight excluding hydrogens is 288 g/mol. The second-order valence-electron chi connectivity index (χ2n) is 4.72. The van der Waals surface area contributed by atoms with Crippen LogP contribution in [0.5, 0.6) is 0 Å². The molecule has 0 fully saturated rings. The van der Waals surface area contributed by atoms with Crippen LogP contribution in [-0.2, 0) is 5.75 Å². The fraction of sp³-hybridized carbons (Fsp3) is 0.188. The van der Waals surface area contributed by atoms with Gasteiger partial charge in [0.25, 0.3) is 0 Å². The van der Waals surface area contributed by atoms with E-state index < -0.39 is 0 Å². The van der Waals surface area contributed by atoms with E-state index in [1.54, 1.807) is 12.1 Å². The lowest BCUT2D eigenvalue weighted by molar-refractivity contribution is 0.871. The molecule has 0 amide bonds. The molecule has 0 saturated heterocycles. The Morgan fingerprint density at radius 1 is 1.25 bits per heavy atom. The van der Waals surface area contributed by atoms with E-state index in [9.17, 15) is 0 Å². The number of anilines is 1. The number of nitrogens with zero attached hydrogens (tertiary/aromatic N) is 1. The highest BCUT2D eigenvalue weighted by molar-refractivity contribution is 7.98. The number of nitriles is 1. The van der Waals surface area contributed by atoms with Crippen LogP contribution in [0.25, 0.3) is 0 Å². The number of hydrogen-bond donors (Lipinski definition) is 1. The van der Waals surface area contributed by atoms with Crippen molar-refractivity contribution in [1.82, 2.24) is 0 Å². The minimum atomic E-state index is 0.260. The standard InChI is InChI=1S/C16H13ClN2S/c17-14-7-11(8-18)5-6-15(14)19-16-10-20-9-12-3-1-2-4-13(12)16/h1-7,16,19H,9-10H2. The average Bonchev–Trinajstić information content (AvgIpc) is 2.49. The summed E-state index contributed by atoms with van der Waals surface area (Å²) in [5, 5.41) is 13.0. The monoisotopic (exact) mass is 300 g/mol. The van der Waals surface area contributed by atoms with Gasteiger partial charge < -0.3 is 5.32 Å². The number of fused-ring (bicyclic) bond motifs is 1. The van der Waals surface area contributed by atoms with E-state index in [-0.39, 0.29) is 6.04 Å². The molecule has 1 aliphatic rings. The summed E-state index contributed by atoms with van der Waals surface area (Å²) in [5.41, 5.74) is 4.18. The van der Waals surface area contributed by atoms with Gasteiger partial charge in [-0.2, -0.15) is 17.0 Å². The lowest BCUT2D eigenvalue weighted by Crippen LogP contribution is -2.18. The summed E-state index contributed by atoms with van der Waals surface area (Å²) >= 11 is 8.15. The van der Waals surface area contributed by atoms with E-state index in [2.05, 4.69) is 35.7 Å². The van der Waals surface area contributed by atoms with E-state index in [0.717, 1.165) is 17.2 Å². The van der Waals surface area contributed by atoms with Crippen molar-refractivity contribution in [3.8, 4) is 6.07 Å². The maximum absolute atomic E-state index is 8.87. The van der Waals surface area contributed by atoms with Crippen molar-refractivity contribution in [2.24, 2.45) is 0 Å². The van der Waals surface area contributed by atoms with Crippen LogP contribution in [0.4, 0.5) is 5.69 Å². The van der Waals surface area contributed by atoms with E-state index >= 15 is 0 Å². The fourth-order valence-corrected chi connectivity index (χ4v) is 3.73. The lowest BCUT2D eigenvalue weighted by atomic mass is 10.0. The number of hydrogen-bond acceptors (Lipinski definition) is 3. The zero-order valence-corrected chi connectivity index (χ0v) is 12.3. The molecule has 2 aromatic rings. The molecule has 2 nitrogen and oxygen atoms in total. The quantitative estimate of drug-likeness (QED) is 0.879. The van der Waals surface area contributed by atoms with Crippen LogP contribution in [0.15, 0.2) is 42.5 Å². The third-order valence-corrected chi connectivity index (χ3v) is 4.80. The fourth-order valence-electron chi connectivity index (χ4n) is 2.39. The van der Waals surface area contributed by atoms with Gasteiger partial charge in [0.05, 0.1) is 28.4 Å². The van der Waals surface area contributed by atoms with E-state index in [1.165, 1.54) is 11.1 Å². The highest BCUT2D eigenvalue weighted by Crippen LogP contribution is 2.35. The van der Waals surface area contributed by atoms with Crippen LogP contribution < -0.4 is 5.32 Å². The van der Waals surface area contributed by atoms with Crippen LogP contribution in [0.3, 0.4) is 0 Å². The minimum Gasteiger partial charge on any atom is -0.376 e. The molecule has 1 N–H and O–H groups in total. The molecule has 2 aromatic carbocycles. The molecule has 4 heteroatoms. The Balaban J connectivity index is 1.88. The van der Waals surface area contributed by atoms with Crippen molar-refractivity contribution in [2.45, 2.75) is 11.8 Å². The van der Waals surface area contributed by atoms with Gasteiger partial charge >= 0.3 is 0 Å².